The molecular weight excluding hydrogens is 384 g/mol. The number of sulfonamides is 1. The minimum absolute atomic E-state index is 0.0504. The Morgan fingerprint density at radius 1 is 1.46 bits per heavy atom. The van der Waals surface area contributed by atoms with E-state index in [1.54, 1.807) is 0 Å². The van der Waals surface area contributed by atoms with Crippen LogP contribution in [0.2, 0.25) is 0 Å². The first-order valence-electron chi connectivity index (χ1n) is 8.22. The fraction of sp³-hybridized carbons (Fsp3) is 0.294. The number of hydrogen-bond acceptors (Lipinski definition) is 7. The van der Waals surface area contributed by atoms with Gasteiger partial charge in [-0.2, -0.15) is 15.6 Å². The Balaban J connectivity index is 1.98. The van der Waals surface area contributed by atoms with E-state index < -0.39 is 10.0 Å². The zero-order chi connectivity index (χ0) is 20.5. The quantitative estimate of drug-likeness (QED) is 0.784. The fourth-order valence-electron chi connectivity index (χ4n) is 2.85. The van der Waals surface area contributed by atoms with Crippen LogP contribution in [-0.4, -0.2) is 37.2 Å². The van der Waals surface area contributed by atoms with E-state index in [0.29, 0.717) is 18.0 Å². The zero-order valence-corrected chi connectivity index (χ0v) is 15.9. The molecule has 1 aliphatic heterocycles. The maximum absolute atomic E-state index is 12.8. The summed E-state index contributed by atoms with van der Waals surface area (Å²) in [5, 5.41) is 24.3. The van der Waals surface area contributed by atoms with E-state index in [-0.39, 0.29) is 40.4 Å². The molecule has 0 saturated carbocycles. The zero-order valence-electron chi connectivity index (χ0n) is 15.1. The van der Waals surface area contributed by atoms with E-state index in [4.69, 9.17) is 10.00 Å². The first-order valence-corrected chi connectivity index (χ1v) is 9.71. The van der Waals surface area contributed by atoms with Crippen molar-refractivity contribution in [3.63, 3.8) is 0 Å². The summed E-state index contributed by atoms with van der Waals surface area (Å²) < 4.78 is 33.5. The molecule has 2 heterocycles. The van der Waals surface area contributed by atoms with Crippen molar-refractivity contribution in [2.45, 2.75) is 31.3 Å². The molecule has 1 amide bonds. The van der Waals surface area contributed by atoms with E-state index in [1.165, 1.54) is 30.0 Å². The molecule has 0 spiro atoms. The molecule has 0 fully saturated rings. The van der Waals surface area contributed by atoms with Gasteiger partial charge in [-0.15, -0.1) is 0 Å². The third kappa shape index (κ3) is 3.48. The van der Waals surface area contributed by atoms with Crippen molar-refractivity contribution < 1.29 is 17.9 Å². The lowest BCUT2D eigenvalue weighted by atomic mass is 10.2. The molecule has 144 valence electrons. The Bertz CT molecular complexity index is 1130. The van der Waals surface area contributed by atoms with E-state index in [1.807, 2.05) is 19.1 Å². The summed E-state index contributed by atoms with van der Waals surface area (Å²) in [6.45, 7) is 3.50. The van der Waals surface area contributed by atoms with Crippen LogP contribution in [0.3, 0.4) is 0 Å². The molecule has 1 unspecified atom stereocenters. The number of aromatic amines is 1. The predicted molar refractivity (Wildman–Crippen MR) is 98.0 cm³/mol. The lowest BCUT2D eigenvalue weighted by Gasteiger charge is -2.33. The number of amides is 1. The molecule has 1 atom stereocenters. The molecular formula is C17H16N6O4S. The van der Waals surface area contributed by atoms with Crippen LogP contribution in [0.1, 0.15) is 25.1 Å². The number of rotatable bonds is 4. The maximum atomic E-state index is 12.8. The second kappa shape index (κ2) is 7.21. The van der Waals surface area contributed by atoms with Gasteiger partial charge < -0.3 is 9.64 Å². The number of hydrogen-bond donors (Lipinski definition) is 2. The van der Waals surface area contributed by atoms with Gasteiger partial charge in [-0.25, -0.2) is 8.42 Å². The minimum Gasteiger partial charge on any atom is -0.487 e. The smallest absolute Gasteiger partial charge is 0.263 e. The van der Waals surface area contributed by atoms with Crippen LogP contribution in [0, 0.1) is 22.7 Å². The number of anilines is 2. The van der Waals surface area contributed by atoms with Gasteiger partial charge in [-0.05, 0) is 25.1 Å². The average molecular weight is 400 g/mol. The Labute approximate surface area is 161 Å². The van der Waals surface area contributed by atoms with Crippen LogP contribution in [0.15, 0.2) is 23.1 Å². The summed E-state index contributed by atoms with van der Waals surface area (Å²) in [5.41, 5.74) is 0.519. The molecule has 1 aromatic heterocycles. The summed E-state index contributed by atoms with van der Waals surface area (Å²) in [6.07, 6.45) is -0.336. The fourth-order valence-corrected chi connectivity index (χ4v) is 3.88. The van der Waals surface area contributed by atoms with Crippen LogP contribution < -0.4 is 14.4 Å². The van der Waals surface area contributed by atoms with Gasteiger partial charge in [0.05, 0.1) is 35.3 Å². The first kappa shape index (κ1) is 19.2. The van der Waals surface area contributed by atoms with Crippen LogP contribution in [0.25, 0.3) is 0 Å². The van der Waals surface area contributed by atoms with E-state index >= 15 is 0 Å². The van der Waals surface area contributed by atoms with Crippen LogP contribution >= 0.6 is 0 Å². The lowest BCUT2D eigenvalue weighted by Crippen LogP contribution is -2.41. The number of ether oxygens (including phenoxy) is 1. The summed E-state index contributed by atoms with van der Waals surface area (Å²) in [6, 6.07) is 7.86. The molecule has 0 bridgehead atoms. The van der Waals surface area contributed by atoms with Gasteiger partial charge in [0.15, 0.2) is 5.82 Å². The van der Waals surface area contributed by atoms with Crippen molar-refractivity contribution >= 4 is 27.4 Å². The van der Waals surface area contributed by atoms with Crippen molar-refractivity contribution in [2.75, 3.05) is 16.2 Å². The number of nitriles is 2. The Kier molecular flexibility index (Phi) is 4.94. The highest BCUT2D eigenvalue weighted by Gasteiger charge is 2.28. The number of carbonyl (C=O) groups is 1. The number of fused-ring (bicyclic) bond motifs is 1. The number of nitrogens with zero attached hydrogens (tertiary/aromatic N) is 4. The SMILES string of the molecule is CC(=O)N1CC(C)Oc2ccc(S(=O)(=O)Nc3n[nH]c(CC#N)c3C#N)cc21. The standard InChI is InChI=1S/C17H16N6O4S/c1-10-9-23(11(2)24)15-7-12(3-4-16(15)27-10)28(25,26)22-17-13(8-19)14(5-6-18)20-21-17/h3-4,7,10H,5,9H2,1-2H3,(H2,20,21,22). The molecule has 3 rings (SSSR count). The van der Waals surface area contributed by atoms with Crippen molar-refractivity contribution in [3.05, 3.63) is 29.5 Å². The second-order valence-corrected chi connectivity index (χ2v) is 7.85. The molecule has 28 heavy (non-hydrogen) atoms. The van der Waals surface area contributed by atoms with Gasteiger partial charge in [0, 0.05) is 6.92 Å². The van der Waals surface area contributed by atoms with Gasteiger partial charge in [0.25, 0.3) is 10.0 Å². The van der Waals surface area contributed by atoms with Gasteiger partial charge >= 0.3 is 0 Å². The summed E-state index contributed by atoms with van der Waals surface area (Å²) in [7, 11) is -4.10. The summed E-state index contributed by atoms with van der Waals surface area (Å²) in [5.74, 6) is -0.0282. The number of H-pyrrole nitrogens is 1. The lowest BCUT2D eigenvalue weighted by molar-refractivity contribution is -0.117. The largest absolute Gasteiger partial charge is 0.487 e. The van der Waals surface area contributed by atoms with E-state index in [9.17, 15) is 18.5 Å². The number of carbonyl (C=O) groups excluding carboxylic acids is 1. The van der Waals surface area contributed by atoms with Crippen molar-refractivity contribution in [1.82, 2.24) is 10.2 Å². The van der Waals surface area contributed by atoms with E-state index in [2.05, 4.69) is 14.9 Å². The number of benzene rings is 1. The number of nitrogens with one attached hydrogen (secondary N) is 2. The van der Waals surface area contributed by atoms with Crippen LogP contribution in [0.5, 0.6) is 5.75 Å². The van der Waals surface area contributed by atoms with E-state index in [0.717, 1.165) is 0 Å². The van der Waals surface area contributed by atoms with Crippen molar-refractivity contribution in [3.8, 4) is 17.9 Å². The summed E-state index contributed by atoms with van der Waals surface area (Å²) in [4.78, 5) is 13.3. The molecule has 0 saturated heterocycles. The molecule has 0 aliphatic carbocycles. The molecule has 2 aromatic rings. The topological polar surface area (TPSA) is 152 Å². The Hall–Kier alpha value is -3.57. The molecule has 1 aromatic carbocycles. The third-order valence-electron chi connectivity index (χ3n) is 4.12. The number of aromatic nitrogens is 2. The molecule has 1 aliphatic rings. The summed E-state index contributed by atoms with van der Waals surface area (Å²) >= 11 is 0. The van der Waals surface area contributed by atoms with Crippen LogP contribution in [0.4, 0.5) is 11.5 Å². The molecule has 11 heteroatoms. The average Bonchev–Trinajstić information content (AvgIpc) is 3.01. The van der Waals surface area contributed by atoms with Gasteiger partial charge in [-0.3, -0.25) is 14.6 Å². The van der Waals surface area contributed by atoms with Crippen LogP contribution in [-0.2, 0) is 21.2 Å². The Morgan fingerprint density at radius 3 is 2.86 bits per heavy atom. The second-order valence-electron chi connectivity index (χ2n) is 6.17. The highest BCUT2D eigenvalue weighted by molar-refractivity contribution is 7.92. The predicted octanol–water partition coefficient (Wildman–Crippen LogP) is 1.28. The molecule has 2 N–H and O–H groups in total. The molecule has 10 nitrogen and oxygen atoms in total. The highest BCUT2D eigenvalue weighted by atomic mass is 32.2. The van der Waals surface area contributed by atoms with Crippen molar-refractivity contribution in [1.29, 1.82) is 10.5 Å². The third-order valence-corrected chi connectivity index (χ3v) is 5.46. The van der Waals surface area contributed by atoms with Gasteiger partial charge in [0.1, 0.15) is 23.5 Å². The maximum Gasteiger partial charge on any atom is 0.263 e. The molecule has 0 radical (unpaired) electrons. The minimum atomic E-state index is -4.10. The first-order chi connectivity index (χ1) is 13.3. The highest BCUT2D eigenvalue weighted by Crippen LogP contribution is 2.36. The Morgan fingerprint density at radius 2 is 2.21 bits per heavy atom. The van der Waals surface area contributed by atoms with Gasteiger partial charge in [0.2, 0.25) is 5.91 Å². The van der Waals surface area contributed by atoms with Crippen molar-refractivity contribution in [2.24, 2.45) is 0 Å². The van der Waals surface area contributed by atoms with Gasteiger partial charge in [-0.1, -0.05) is 0 Å². The monoisotopic (exact) mass is 400 g/mol. The normalized spacial score (nSPS) is 15.7.